The second-order valence-electron chi connectivity index (χ2n) is 5.85. The van der Waals surface area contributed by atoms with Gasteiger partial charge in [0, 0.05) is 25.7 Å². The lowest BCUT2D eigenvalue weighted by molar-refractivity contribution is -0.122. The zero-order valence-corrected chi connectivity index (χ0v) is 13.9. The van der Waals surface area contributed by atoms with Crippen molar-refractivity contribution in [3.8, 4) is 0 Å². The summed E-state index contributed by atoms with van der Waals surface area (Å²) < 4.78 is 0. The molecule has 1 aliphatic heterocycles. The first-order valence-corrected chi connectivity index (χ1v) is 8.07. The Labute approximate surface area is 145 Å². The fourth-order valence-corrected chi connectivity index (χ4v) is 2.90. The molecule has 25 heavy (non-hydrogen) atoms. The SMILES string of the molecule is CNC(=O)c1ccccc1NC(=O)[C@H]1CC(=O)N(c2ccccc2)C1. The van der Waals surface area contributed by atoms with Gasteiger partial charge in [-0.3, -0.25) is 14.4 Å². The highest BCUT2D eigenvalue weighted by atomic mass is 16.2. The fraction of sp³-hybridized carbons (Fsp3) is 0.211. The number of carbonyl (C=O) groups excluding carboxylic acids is 3. The largest absolute Gasteiger partial charge is 0.355 e. The molecule has 1 atom stereocenters. The average Bonchev–Trinajstić information content (AvgIpc) is 3.04. The molecule has 6 nitrogen and oxygen atoms in total. The number of hydrogen-bond donors (Lipinski definition) is 2. The van der Waals surface area contributed by atoms with Crippen LogP contribution in [0.5, 0.6) is 0 Å². The molecule has 2 aromatic rings. The van der Waals surface area contributed by atoms with Gasteiger partial charge in [0.2, 0.25) is 11.8 Å². The van der Waals surface area contributed by atoms with Crippen molar-refractivity contribution in [3.05, 3.63) is 60.2 Å². The van der Waals surface area contributed by atoms with E-state index >= 15 is 0 Å². The molecule has 0 radical (unpaired) electrons. The summed E-state index contributed by atoms with van der Waals surface area (Å²) in [6, 6.07) is 16.1. The molecule has 0 unspecified atom stereocenters. The number of hydrogen-bond acceptors (Lipinski definition) is 3. The van der Waals surface area contributed by atoms with Crippen molar-refractivity contribution in [2.45, 2.75) is 6.42 Å². The number of para-hydroxylation sites is 2. The van der Waals surface area contributed by atoms with Crippen LogP contribution in [0.4, 0.5) is 11.4 Å². The van der Waals surface area contributed by atoms with Crippen LogP contribution in [-0.4, -0.2) is 31.3 Å². The highest BCUT2D eigenvalue weighted by molar-refractivity contribution is 6.07. The van der Waals surface area contributed by atoms with Crippen LogP contribution >= 0.6 is 0 Å². The van der Waals surface area contributed by atoms with Gasteiger partial charge in [-0.15, -0.1) is 0 Å². The van der Waals surface area contributed by atoms with Gasteiger partial charge in [-0.25, -0.2) is 0 Å². The first-order valence-electron chi connectivity index (χ1n) is 8.07. The summed E-state index contributed by atoms with van der Waals surface area (Å²) in [6.07, 6.45) is 0.156. The van der Waals surface area contributed by atoms with Crippen LogP contribution in [0, 0.1) is 5.92 Å². The predicted molar refractivity (Wildman–Crippen MR) is 95.4 cm³/mol. The zero-order chi connectivity index (χ0) is 17.8. The van der Waals surface area contributed by atoms with Crippen molar-refractivity contribution in [1.82, 2.24) is 5.32 Å². The molecule has 1 fully saturated rings. The monoisotopic (exact) mass is 337 g/mol. The molecule has 1 heterocycles. The van der Waals surface area contributed by atoms with Gasteiger partial charge in [0.1, 0.15) is 0 Å². The Balaban J connectivity index is 1.73. The smallest absolute Gasteiger partial charge is 0.253 e. The first kappa shape index (κ1) is 16.7. The van der Waals surface area contributed by atoms with E-state index in [4.69, 9.17) is 0 Å². The van der Waals surface area contributed by atoms with E-state index in [0.29, 0.717) is 17.8 Å². The molecular weight excluding hydrogens is 318 g/mol. The molecule has 0 bridgehead atoms. The minimum absolute atomic E-state index is 0.0778. The molecule has 1 aliphatic rings. The molecule has 0 aromatic heterocycles. The van der Waals surface area contributed by atoms with Crippen molar-refractivity contribution in [1.29, 1.82) is 0 Å². The van der Waals surface area contributed by atoms with Crippen LogP contribution in [0.15, 0.2) is 54.6 Å². The maximum absolute atomic E-state index is 12.6. The van der Waals surface area contributed by atoms with Crippen LogP contribution in [-0.2, 0) is 9.59 Å². The third-order valence-corrected chi connectivity index (χ3v) is 4.22. The summed E-state index contributed by atoms with van der Waals surface area (Å²) in [6.45, 7) is 0.330. The van der Waals surface area contributed by atoms with E-state index in [9.17, 15) is 14.4 Å². The Morgan fingerprint density at radius 3 is 2.44 bits per heavy atom. The van der Waals surface area contributed by atoms with Gasteiger partial charge in [-0.05, 0) is 24.3 Å². The summed E-state index contributed by atoms with van der Waals surface area (Å²) in [5, 5.41) is 5.33. The summed E-state index contributed by atoms with van der Waals surface area (Å²) in [5.41, 5.74) is 1.62. The second kappa shape index (κ2) is 7.17. The first-order chi connectivity index (χ1) is 12.1. The maximum atomic E-state index is 12.6. The van der Waals surface area contributed by atoms with Crippen LogP contribution in [0.1, 0.15) is 16.8 Å². The lowest BCUT2D eigenvalue weighted by Crippen LogP contribution is -2.29. The topological polar surface area (TPSA) is 78.5 Å². The predicted octanol–water partition coefficient (Wildman–Crippen LogP) is 2.04. The minimum atomic E-state index is -0.453. The lowest BCUT2D eigenvalue weighted by Gasteiger charge is -2.17. The number of anilines is 2. The van der Waals surface area contributed by atoms with Gasteiger partial charge in [-0.2, -0.15) is 0 Å². The Hall–Kier alpha value is -3.15. The van der Waals surface area contributed by atoms with Crippen LogP contribution in [0.2, 0.25) is 0 Å². The van der Waals surface area contributed by atoms with Gasteiger partial charge in [0.05, 0.1) is 17.2 Å². The summed E-state index contributed by atoms with van der Waals surface area (Å²) in [4.78, 5) is 38.3. The Bertz CT molecular complexity index is 805. The number of benzene rings is 2. The number of carbonyl (C=O) groups is 3. The number of rotatable bonds is 4. The van der Waals surface area contributed by atoms with E-state index in [-0.39, 0.29) is 24.1 Å². The number of nitrogens with zero attached hydrogens (tertiary/aromatic N) is 1. The van der Waals surface area contributed by atoms with Crippen molar-refractivity contribution in [2.75, 3.05) is 23.8 Å². The molecule has 0 saturated carbocycles. The van der Waals surface area contributed by atoms with Crippen molar-refractivity contribution in [2.24, 2.45) is 5.92 Å². The Kier molecular flexibility index (Phi) is 4.79. The standard InChI is InChI=1S/C19H19N3O3/c1-20-19(25)15-9-5-6-10-16(15)21-18(24)13-11-17(23)22(12-13)14-7-3-2-4-8-14/h2-10,13H,11-12H2,1H3,(H,20,25)(H,21,24)/t13-/m0/s1. The average molecular weight is 337 g/mol. The highest BCUT2D eigenvalue weighted by Gasteiger charge is 2.35. The van der Waals surface area contributed by atoms with E-state index < -0.39 is 5.92 Å². The maximum Gasteiger partial charge on any atom is 0.253 e. The molecule has 0 aliphatic carbocycles. The zero-order valence-electron chi connectivity index (χ0n) is 13.9. The van der Waals surface area contributed by atoms with Gasteiger partial charge >= 0.3 is 0 Å². The molecule has 0 spiro atoms. The molecule has 2 aromatic carbocycles. The summed E-state index contributed by atoms with van der Waals surface area (Å²) in [7, 11) is 1.54. The summed E-state index contributed by atoms with van der Waals surface area (Å²) >= 11 is 0. The number of nitrogens with one attached hydrogen (secondary N) is 2. The van der Waals surface area contributed by atoms with Crippen molar-refractivity contribution >= 4 is 29.1 Å². The molecule has 1 saturated heterocycles. The van der Waals surface area contributed by atoms with Crippen LogP contribution in [0.3, 0.4) is 0 Å². The second-order valence-corrected chi connectivity index (χ2v) is 5.85. The van der Waals surface area contributed by atoms with E-state index in [0.717, 1.165) is 5.69 Å². The van der Waals surface area contributed by atoms with Crippen LogP contribution < -0.4 is 15.5 Å². The number of amides is 3. The lowest BCUT2D eigenvalue weighted by atomic mass is 10.1. The molecule has 3 amide bonds. The normalized spacial score (nSPS) is 16.6. The molecule has 128 valence electrons. The molecule has 2 N–H and O–H groups in total. The quantitative estimate of drug-likeness (QED) is 0.896. The van der Waals surface area contributed by atoms with Crippen LogP contribution in [0.25, 0.3) is 0 Å². The molecular formula is C19H19N3O3. The van der Waals surface area contributed by atoms with E-state index in [2.05, 4.69) is 10.6 Å². The molecule has 3 rings (SSSR count). The van der Waals surface area contributed by atoms with Crippen molar-refractivity contribution in [3.63, 3.8) is 0 Å². The molecule has 6 heteroatoms. The highest BCUT2D eigenvalue weighted by Crippen LogP contribution is 2.26. The Morgan fingerprint density at radius 2 is 1.72 bits per heavy atom. The van der Waals surface area contributed by atoms with Gasteiger partial charge < -0.3 is 15.5 Å². The van der Waals surface area contributed by atoms with E-state index in [1.54, 1.807) is 29.2 Å². The third-order valence-electron chi connectivity index (χ3n) is 4.22. The van der Waals surface area contributed by atoms with Gasteiger partial charge in [0.15, 0.2) is 0 Å². The van der Waals surface area contributed by atoms with Gasteiger partial charge in [0.25, 0.3) is 5.91 Å². The Morgan fingerprint density at radius 1 is 1.04 bits per heavy atom. The van der Waals surface area contributed by atoms with Gasteiger partial charge in [-0.1, -0.05) is 30.3 Å². The minimum Gasteiger partial charge on any atom is -0.355 e. The van der Waals surface area contributed by atoms with Crippen molar-refractivity contribution < 1.29 is 14.4 Å². The van der Waals surface area contributed by atoms with E-state index in [1.165, 1.54) is 7.05 Å². The fourth-order valence-electron chi connectivity index (χ4n) is 2.90. The summed E-state index contributed by atoms with van der Waals surface area (Å²) in [5.74, 6) is -1.07. The third kappa shape index (κ3) is 3.52. The van der Waals surface area contributed by atoms with E-state index in [1.807, 2.05) is 30.3 Å².